The molecule has 2 bridgehead atoms. The minimum atomic E-state index is -0.300. The lowest BCUT2D eigenvalue weighted by atomic mass is 9.82. The van der Waals surface area contributed by atoms with Gasteiger partial charge in [0, 0.05) is 18.9 Å². The van der Waals surface area contributed by atoms with E-state index < -0.39 is 0 Å². The van der Waals surface area contributed by atoms with E-state index in [2.05, 4.69) is 0 Å². The summed E-state index contributed by atoms with van der Waals surface area (Å²) < 4.78 is 11.2. The number of nitrogens with zero attached hydrogens (tertiary/aromatic N) is 2. The molecule has 0 radical (unpaired) electrons. The van der Waals surface area contributed by atoms with Crippen LogP contribution in [-0.4, -0.2) is 67.6 Å². The van der Waals surface area contributed by atoms with E-state index in [1.54, 1.807) is 0 Å². The SMILES string of the molecule is CN(C)CCC(=O)C1CC2COCC(C1)N2C(=O)OCc1ccccc1. The van der Waals surface area contributed by atoms with Gasteiger partial charge in [-0.15, -0.1) is 0 Å². The topological polar surface area (TPSA) is 59.1 Å². The zero-order valence-corrected chi connectivity index (χ0v) is 15.6. The van der Waals surface area contributed by atoms with Gasteiger partial charge in [-0.3, -0.25) is 9.69 Å². The van der Waals surface area contributed by atoms with E-state index in [9.17, 15) is 9.59 Å². The number of piperidine rings is 1. The number of carbonyl (C=O) groups is 2. The predicted molar refractivity (Wildman–Crippen MR) is 97.8 cm³/mol. The van der Waals surface area contributed by atoms with E-state index in [1.165, 1.54) is 0 Å². The highest BCUT2D eigenvalue weighted by Crippen LogP contribution is 2.33. The summed E-state index contributed by atoms with van der Waals surface area (Å²) in [6.07, 6.45) is 1.61. The van der Waals surface area contributed by atoms with Gasteiger partial charge in [0.25, 0.3) is 0 Å². The smallest absolute Gasteiger partial charge is 0.410 e. The number of ketones is 1. The third-order valence-corrected chi connectivity index (χ3v) is 5.20. The van der Waals surface area contributed by atoms with Crippen LogP contribution < -0.4 is 0 Å². The first-order valence-electron chi connectivity index (χ1n) is 9.29. The number of hydrogen-bond acceptors (Lipinski definition) is 5. The Morgan fingerprint density at radius 2 is 1.81 bits per heavy atom. The molecule has 2 unspecified atom stereocenters. The number of carbonyl (C=O) groups excluding carboxylic acids is 2. The molecule has 1 amide bonds. The molecular weight excluding hydrogens is 332 g/mol. The Bertz CT molecular complexity index is 605. The molecular formula is C20H28N2O4. The second kappa shape index (κ2) is 8.64. The summed E-state index contributed by atoms with van der Waals surface area (Å²) in [5.74, 6) is 0.319. The summed E-state index contributed by atoms with van der Waals surface area (Å²) in [7, 11) is 3.95. The molecule has 3 rings (SSSR count). The molecule has 0 aromatic heterocycles. The Hall–Kier alpha value is -1.92. The van der Waals surface area contributed by atoms with Gasteiger partial charge in [0.1, 0.15) is 12.4 Å². The van der Waals surface area contributed by atoms with Crippen LogP contribution in [0.5, 0.6) is 0 Å². The Labute approximate surface area is 155 Å². The fourth-order valence-electron chi connectivity index (χ4n) is 3.81. The summed E-state index contributed by atoms with van der Waals surface area (Å²) in [5.41, 5.74) is 0.969. The van der Waals surface area contributed by atoms with Crippen molar-refractivity contribution in [2.24, 2.45) is 5.92 Å². The highest BCUT2D eigenvalue weighted by molar-refractivity contribution is 5.82. The van der Waals surface area contributed by atoms with Gasteiger partial charge in [-0.2, -0.15) is 0 Å². The van der Waals surface area contributed by atoms with Crippen LogP contribution in [0.2, 0.25) is 0 Å². The van der Waals surface area contributed by atoms with Crippen LogP contribution in [0.4, 0.5) is 4.79 Å². The number of fused-ring (bicyclic) bond motifs is 2. The van der Waals surface area contributed by atoms with Crippen molar-refractivity contribution in [3.63, 3.8) is 0 Å². The monoisotopic (exact) mass is 360 g/mol. The lowest BCUT2D eigenvalue weighted by Crippen LogP contribution is -2.60. The number of Topliss-reactive ketones (excluding diaryl/α,β-unsaturated/α-hetero) is 1. The second-order valence-corrected chi connectivity index (χ2v) is 7.48. The summed E-state index contributed by atoms with van der Waals surface area (Å²) in [5, 5.41) is 0. The maximum absolute atomic E-state index is 12.6. The minimum Gasteiger partial charge on any atom is -0.445 e. The van der Waals surface area contributed by atoms with Crippen LogP contribution in [0, 0.1) is 5.92 Å². The van der Waals surface area contributed by atoms with Gasteiger partial charge in [0.15, 0.2) is 0 Å². The highest BCUT2D eigenvalue weighted by Gasteiger charge is 2.44. The number of morpholine rings is 1. The third-order valence-electron chi connectivity index (χ3n) is 5.20. The van der Waals surface area contributed by atoms with Crippen LogP contribution in [-0.2, 0) is 20.9 Å². The fraction of sp³-hybridized carbons (Fsp3) is 0.600. The van der Waals surface area contributed by atoms with E-state index >= 15 is 0 Å². The zero-order valence-electron chi connectivity index (χ0n) is 15.6. The van der Waals surface area contributed by atoms with Crippen molar-refractivity contribution < 1.29 is 19.1 Å². The molecule has 2 fully saturated rings. The largest absolute Gasteiger partial charge is 0.445 e. The maximum Gasteiger partial charge on any atom is 0.410 e. The van der Waals surface area contributed by atoms with Crippen LogP contribution in [0.1, 0.15) is 24.8 Å². The molecule has 2 saturated heterocycles. The number of ether oxygens (including phenoxy) is 2. The van der Waals surface area contributed by atoms with Gasteiger partial charge in [-0.1, -0.05) is 30.3 Å². The molecule has 0 spiro atoms. The molecule has 2 heterocycles. The van der Waals surface area contributed by atoms with E-state index in [4.69, 9.17) is 9.47 Å². The molecule has 0 N–H and O–H groups in total. The first-order chi connectivity index (χ1) is 12.5. The van der Waals surface area contributed by atoms with Crippen molar-refractivity contribution in [3.05, 3.63) is 35.9 Å². The predicted octanol–water partition coefficient (Wildman–Crippen LogP) is 2.32. The van der Waals surface area contributed by atoms with Gasteiger partial charge < -0.3 is 14.4 Å². The molecule has 2 atom stereocenters. The Morgan fingerprint density at radius 1 is 1.15 bits per heavy atom. The van der Waals surface area contributed by atoms with Gasteiger partial charge in [0.2, 0.25) is 0 Å². The molecule has 2 aliphatic heterocycles. The van der Waals surface area contributed by atoms with Gasteiger partial charge >= 0.3 is 6.09 Å². The van der Waals surface area contributed by atoms with Gasteiger partial charge in [0.05, 0.1) is 25.3 Å². The summed E-state index contributed by atoms with van der Waals surface area (Å²) in [6, 6.07) is 9.52. The van der Waals surface area contributed by atoms with Crippen molar-refractivity contribution in [1.82, 2.24) is 9.80 Å². The average molecular weight is 360 g/mol. The van der Waals surface area contributed by atoms with Crippen LogP contribution in [0.25, 0.3) is 0 Å². The summed E-state index contributed by atoms with van der Waals surface area (Å²) in [6.45, 7) is 1.99. The zero-order chi connectivity index (χ0) is 18.5. The summed E-state index contributed by atoms with van der Waals surface area (Å²) in [4.78, 5) is 29.0. The van der Waals surface area contributed by atoms with Crippen molar-refractivity contribution in [1.29, 1.82) is 0 Å². The number of hydrogen-bond donors (Lipinski definition) is 0. The molecule has 2 aliphatic rings. The fourth-order valence-corrected chi connectivity index (χ4v) is 3.81. The molecule has 0 saturated carbocycles. The average Bonchev–Trinajstić information content (AvgIpc) is 2.63. The quantitative estimate of drug-likeness (QED) is 0.779. The van der Waals surface area contributed by atoms with E-state index in [1.807, 2.05) is 54.2 Å². The Balaban J connectivity index is 1.58. The van der Waals surface area contributed by atoms with Crippen molar-refractivity contribution >= 4 is 11.9 Å². The van der Waals surface area contributed by atoms with Gasteiger partial charge in [-0.05, 0) is 32.5 Å². The van der Waals surface area contributed by atoms with Crippen molar-refractivity contribution in [2.75, 3.05) is 33.9 Å². The first-order valence-corrected chi connectivity index (χ1v) is 9.29. The standard InChI is InChI=1S/C20H28N2O4/c1-21(2)9-8-19(23)16-10-17-13-25-14-18(11-16)22(17)20(24)26-12-15-6-4-3-5-7-15/h3-7,16-18H,8-14H2,1-2H3. The van der Waals surface area contributed by atoms with Crippen LogP contribution >= 0.6 is 0 Å². The number of amides is 1. The third kappa shape index (κ3) is 4.62. The van der Waals surface area contributed by atoms with Crippen molar-refractivity contribution in [2.45, 2.75) is 38.0 Å². The molecule has 1 aromatic carbocycles. The lowest BCUT2D eigenvalue weighted by Gasteiger charge is -2.47. The second-order valence-electron chi connectivity index (χ2n) is 7.48. The Morgan fingerprint density at radius 3 is 2.42 bits per heavy atom. The molecule has 1 aromatic rings. The lowest BCUT2D eigenvalue weighted by molar-refractivity contribution is -0.131. The molecule has 26 heavy (non-hydrogen) atoms. The number of benzene rings is 1. The van der Waals surface area contributed by atoms with Crippen LogP contribution in [0.3, 0.4) is 0 Å². The maximum atomic E-state index is 12.6. The highest BCUT2D eigenvalue weighted by atomic mass is 16.6. The number of rotatable bonds is 6. The van der Waals surface area contributed by atoms with Crippen LogP contribution in [0.15, 0.2) is 30.3 Å². The van der Waals surface area contributed by atoms with Crippen molar-refractivity contribution in [3.8, 4) is 0 Å². The van der Waals surface area contributed by atoms with Gasteiger partial charge in [-0.25, -0.2) is 4.79 Å². The summed E-state index contributed by atoms with van der Waals surface area (Å²) >= 11 is 0. The van der Waals surface area contributed by atoms with E-state index in [0.717, 1.165) is 12.1 Å². The minimum absolute atomic E-state index is 0.0204. The first kappa shape index (κ1) is 18.9. The molecule has 6 heteroatoms. The molecule has 0 aliphatic carbocycles. The van der Waals surface area contributed by atoms with E-state index in [0.29, 0.717) is 38.3 Å². The Kier molecular flexibility index (Phi) is 6.27. The normalized spacial score (nSPS) is 25.2. The molecule has 6 nitrogen and oxygen atoms in total. The van der Waals surface area contributed by atoms with E-state index in [-0.39, 0.29) is 30.7 Å². The molecule has 142 valence electrons.